The van der Waals surface area contributed by atoms with E-state index >= 15 is 0 Å². The molecule has 3 nitrogen and oxygen atoms in total. The molecule has 0 aliphatic heterocycles. The number of aromatic nitrogens is 1. The summed E-state index contributed by atoms with van der Waals surface area (Å²) in [4.78, 5) is 4.22. The topological polar surface area (TPSA) is 34.1 Å². The average Bonchev–Trinajstić information content (AvgIpc) is 2.41. The molecule has 19 heavy (non-hydrogen) atoms. The monoisotopic (exact) mass is 264 g/mol. The smallest absolute Gasteiger partial charge is 0.215 e. The lowest BCUT2D eigenvalue weighted by Gasteiger charge is -2.08. The molecule has 0 spiro atoms. The van der Waals surface area contributed by atoms with Gasteiger partial charge in [0.2, 0.25) is 5.88 Å². The molecule has 1 N–H and O–H groups in total. The lowest BCUT2D eigenvalue weighted by atomic mass is 10.2. The zero-order valence-electron chi connectivity index (χ0n) is 10.5. The number of nitrogens with one attached hydrogen (secondary N) is 1. The van der Waals surface area contributed by atoms with Crippen LogP contribution in [0.3, 0.4) is 0 Å². The average molecular weight is 264 g/mol. The maximum absolute atomic E-state index is 13.0. The van der Waals surface area contributed by atoms with E-state index in [0.717, 1.165) is 12.1 Å². The predicted octanol–water partition coefficient (Wildman–Crippen LogP) is 3.37. The van der Waals surface area contributed by atoms with E-state index in [1.54, 1.807) is 12.1 Å². The van der Waals surface area contributed by atoms with Crippen molar-refractivity contribution in [1.82, 2.24) is 4.98 Å². The third kappa shape index (κ3) is 3.64. The molecule has 0 aliphatic carbocycles. The fraction of sp³-hybridized carbons (Fsp3) is 0.214. The summed E-state index contributed by atoms with van der Waals surface area (Å²) in [5, 5.41) is 3.03. The number of rotatable bonds is 5. The van der Waals surface area contributed by atoms with E-state index in [1.165, 1.54) is 6.07 Å². The van der Waals surface area contributed by atoms with E-state index in [-0.39, 0.29) is 0 Å². The number of halogens is 2. The SMILES string of the molecule is CCOc1cccc(NCc2ccc(F)c(F)c2)n1. The first-order chi connectivity index (χ1) is 9.19. The molecule has 100 valence electrons. The van der Waals surface area contributed by atoms with Crippen molar-refractivity contribution in [3.8, 4) is 5.88 Å². The van der Waals surface area contributed by atoms with Crippen LogP contribution in [0.2, 0.25) is 0 Å². The quantitative estimate of drug-likeness (QED) is 0.899. The van der Waals surface area contributed by atoms with Crippen LogP contribution in [0.4, 0.5) is 14.6 Å². The highest BCUT2D eigenvalue weighted by Gasteiger charge is 2.03. The van der Waals surface area contributed by atoms with Gasteiger partial charge in [0.05, 0.1) is 6.61 Å². The summed E-state index contributed by atoms with van der Waals surface area (Å²) < 4.78 is 31.1. The van der Waals surface area contributed by atoms with Gasteiger partial charge >= 0.3 is 0 Å². The van der Waals surface area contributed by atoms with Crippen molar-refractivity contribution in [2.24, 2.45) is 0 Å². The van der Waals surface area contributed by atoms with Crippen LogP contribution in [0.1, 0.15) is 12.5 Å². The van der Waals surface area contributed by atoms with Crippen molar-refractivity contribution in [2.45, 2.75) is 13.5 Å². The Morgan fingerprint density at radius 2 is 2.00 bits per heavy atom. The molecule has 0 atom stereocenters. The zero-order valence-corrected chi connectivity index (χ0v) is 10.5. The van der Waals surface area contributed by atoms with Crippen LogP contribution in [0.25, 0.3) is 0 Å². The van der Waals surface area contributed by atoms with Gasteiger partial charge in [-0.15, -0.1) is 0 Å². The van der Waals surface area contributed by atoms with Crippen LogP contribution in [0, 0.1) is 11.6 Å². The van der Waals surface area contributed by atoms with E-state index in [9.17, 15) is 8.78 Å². The molecule has 2 aromatic rings. The third-order valence-corrected chi connectivity index (χ3v) is 2.47. The van der Waals surface area contributed by atoms with Gasteiger partial charge in [-0.25, -0.2) is 8.78 Å². The zero-order chi connectivity index (χ0) is 13.7. The molecule has 0 radical (unpaired) electrons. The molecular weight excluding hydrogens is 250 g/mol. The van der Waals surface area contributed by atoms with Gasteiger partial charge in [-0.2, -0.15) is 4.98 Å². The normalized spacial score (nSPS) is 10.3. The fourth-order valence-electron chi connectivity index (χ4n) is 1.58. The highest BCUT2D eigenvalue weighted by atomic mass is 19.2. The molecular formula is C14H14F2N2O. The molecule has 1 aromatic heterocycles. The second-order valence-corrected chi connectivity index (χ2v) is 3.90. The van der Waals surface area contributed by atoms with Crippen LogP contribution in [0.5, 0.6) is 5.88 Å². The Labute approximate surface area is 110 Å². The highest BCUT2D eigenvalue weighted by Crippen LogP contribution is 2.14. The number of anilines is 1. The summed E-state index contributed by atoms with van der Waals surface area (Å²) in [6.07, 6.45) is 0. The van der Waals surface area contributed by atoms with Crippen molar-refractivity contribution < 1.29 is 13.5 Å². The van der Waals surface area contributed by atoms with Crippen molar-refractivity contribution in [2.75, 3.05) is 11.9 Å². The highest BCUT2D eigenvalue weighted by molar-refractivity contribution is 5.38. The Hall–Kier alpha value is -2.17. The Morgan fingerprint density at radius 1 is 1.16 bits per heavy atom. The van der Waals surface area contributed by atoms with Gasteiger partial charge in [0.1, 0.15) is 5.82 Å². The number of pyridine rings is 1. The van der Waals surface area contributed by atoms with E-state index < -0.39 is 11.6 Å². The molecule has 0 saturated heterocycles. The first-order valence-electron chi connectivity index (χ1n) is 5.96. The van der Waals surface area contributed by atoms with E-state index in [1.807, 2.05) is 13.0 Å². The number of benzene rings is 1. The Kier molecular flexibility index (Phi) is 4.28. The van der Waals surface area contributed by atoms with Gasteiger partial charge in [-0.3, -0.25) is 0 Å². The predicted molar refractivity (Wildman–Crippen MR) is 69.1 cm³/mol. The van der Waals surface area contributed by atoms with Gasteiger partial charge in [-0.05, 0) is 30.7 Å². The van der Waals surface area contributed by atoms with Crippen molar-refractivity contribution in [1.29, 1.82) is 0 Å². The number of nitrogens with zero attached hydrogens (tertiary/aromatic N) is 1. The molecule has 1 aromatic carbocycles. The molecule has 0 bridgehead atoms. The van der Waals surface area contributed by atoms with Crippen molar-refractivity contribution in [3.05, 3.63) is 53.6 Å². The molecule has 1 heterocycles. The van der Waals surface area contributed by atoms with Crippen LogP contribution in [-0.4, -0.2) is 11.6 Å². The second-order valence-electron chi connectivity index (χ2n) is 3.90. The molecule has 0 fully saturated rings. The minimum absolute atomic E-state index is 0.361. The maximum Gasteiger partial charge on any atom is 0.215 e. The summed E-state index contributed by atoms with van der Waals surface area (Å²) in [6, 6.07) is 9.14. The number of hydrogen-bond donors (Lipinski definition) is 1. The van der Waals surface area contributed by atoms with Gasteiger partial charge in [0.15, 0.2) is 11.6 Å². The van der Waals surface area contributed by atoms with Gasteiger partial charge in [-0.1, -0.05) is 12.1 Å². The lowest BCUT2D eigenvalue weighted by molar-refractivity contribution is 0.327. The largest absolute Gasteiger partial charge is 0.478 e. The summed E-state index contributed by atoms with van der Waals surface area (Å²) in [6.45, 7) is 2.78. The van der Waals surface area contributed by atoms with E-state index in [4.69, 9.17) is 4.74 Å². The minimum atomic E-state index is -0.852. The summed E-state index contributed by atoms with van der Waals surface area (Å²) in [5.41, 5.74) is 0.641. The Bertz CT molecular complexity index is 561. The Morgan fingerprint density at radius 3 is 2.74 bits per heavy atom. The first-order valence-corrected chi connectivity index (χ1v) is 5.96. The lowest BCUT2D eigenvalue weighted by Crippen LogP contribution is -2.03. The molecule has 0 saturated carbocycles. The molecule has 0 unspecified atom stereocenters. The summed E-state index contributed by atoms with van der Waals surface area (Å²) in [7, 11) is 0. The van der Waals surface area contributed by atoms with Crippen molar-refractivity contribution >= 4 is 5.82 Å². The van der Waals surface area contributed by atoms with E-state index in [0.29, 0.717) is 30.4 Å². The minimum Gasteiger partial charge on any atom is -0.478 e. The Balaban J connectivity index is 2.01. The summed E-state index contributed by atoms with van der Waals surface area (Å²) >= 11 is 0. The first kappa shape index (κ1) is 13.3. The van der Waals surface area contributed by atoms with Crippen LogP contribution >= 0.6 is 0 Å². The van der Waals surface area contributed by atoms with Crippen LogP contribution < -0.4 is 10.1 Å². The molecule has 0 amide bonds. The molecule has 5 heteroatoms. The van der Waals surface area contributed by atoms with Crippen LogP contribution in [-0.2, 0) is 6.54 Å². The number of hydrogen-bond acceptors (Lipinski definition) is 3. The second kappa shape index (κ2) is 6.13. The molecule has 0 aliphatic rings. The van der Waals surface area contributed by atoms with Gasteiger partial charge < -0.3 is 10.1 Å². The third-order valence-electron chi connectivity index (χ3n) is 2.47. The molecule has 2 rings (SSSR count). The number of ether oxygens (including phenoxy) is 1. The fourth-order valence-corrected chi connectivity index (χ4v) is 1.58. The van der Waals surface area contributed by atoms with Crippen molar-refractivity contribution in [3.63, 3.8) is 0 Å². The van der Waals surface area contributed by atoms with Gasteiger partial charge in [0.25, 0.3) is 0 Å². The van der Waals surface area contributed by atoms with E-state index in [2.05, 4.69) is 10.3 Å². The standard InChI is InChI=1S/C14H14F2N2O/c1-2-19-14-5-3-4-13(18-14)17-9-10-6-7-11(15)12(16)8-10/h3-8H,2,9H2,1H3,(H,17,18). The summed E-state index contributed by atoms with van der Waals surface area (Å²) in [5.74, 6) is -0.552. The van der Waals surface area contributed by atoms with Crippen LogP contribution in [0.15, 0.2) is 36.4 Å². The van der Waals surface area contributed by atoms with Gasteiger partial charge in [0, 0.05) is 12.6 Å². The maximum atomic E-state index is 13.0.